The topological polar surface area (TPSA) is 30.8 Å². The third-order valence-electron chi connectivity index (χ3n) is 3.83. The molecule has 0 saturated heterocycles. The summed E-state index contributed by atoms with van der Waals surface area (Å²) in [5.41, 5.74) is -0.353. The number of nitrogens with zero attached hydrogens (tertiary/aromatic N) is 1. The molecular weight excluding hydrogens is 374 g/mol. The predicted octanol–water partition coefficient (Wildman–Crippen LogP) is 5.41. The maximum atomic E-state index is 14.0. The molecular formula is C18H14ClF4NO2. The molecule has 0 N–H and O–H groups in total. The SMILES string of the molecule is CCOc1cc(C(F)(F)F)ccc1C1COC(c2c(F)cccc2Cl)=N1. The van der Waals surface area contributed by atoms with Crippen molar-refractivity contribution in [2.24, 2.45) is 4.99 Å². The van der Waals surface area contributed by atoms with Gasteiger partial charge in [0.2, 0.25) is 5.90 Å². The first kappa shape index (κ1) is 18.5. The van der Waals surface area contributed by atoms with Crippen molar-refractivity contribution >= 4 is 17.5 Å². The first-order valence-corrected chi connectivity index (χ1v) is 8.18. The number of ether oxygens (including phenoxy) is 2. The maximum Gasteiger partial charge on any atom is 0.416 e. The molecule has 3 nitrogen and oxygen atoms in total. The summed E-state index contributed by atoms with van der Waals surface area (Å²) in [5.74, 6) is -0.504. The highest BCUT2D eigenvalue weighted by Gasteiger charge is 2.33. The molecule has 0 radical (unpaired) electrons. The quantitative estimate of drug-likeness (QED) is 0.656. The predicted molar refractivity (Wildman–Crippen MR) is 89.3 cm³/mol. The molecule has 2 aromatic carbocycles. The summed E-state index contributed by atoms with van der Waals surface area (Å²) in [7, 11) is 0. The Morgan fingerprint density at radius 3 is 2.69 bits per heavy atom. The zero-order valence-corrected chi connectivity index (χ0v) is 14.4. The number of halogens is 5. The Labute approximate surface area is 152 Å². The second kappa shape index (κ2) is 7.15. The molecule has 0 bridgehead atoms. The van der Waals surface area contributed by atoms with Gasteiger partial charge >= 0.3 is 6.18 Å². The van der Waals surface area contributed by atoms with Gasteiger partial charge in [-0.1, -0.05) is 23.7 Å². The van der Waals surface area contributed by atoms with Gasteiger partial charge in [0.05, 0.1) is 22.8 Å². The van der Waals surface area contributed by atoms with Crippen molar-refractivity contribution in [3.8, 4) is 5.75 Å². The van der Waals surface area contributed by atoms with E-state index in [1.165, 1.54) is 24.3 Å². The second-order valence-electron chi connectivity index (χ2n) is 5.54. The zero-order chi connectivity index (χ0) is 18.9. The zero-order valence-electron chi connectivity index (χ0n) is 13.6. The van der Waals surface area contributed by atoms with Gasteiger partial charge in [-0.3, -0.25) is 0 Å². The minimum Gasteiger partial charge on any atom is -0.493 e. The van der Waals surface area contributed by atoms with Crippen molar-refractivity contribution in [3.05, 3.63) is 63.9 Å². The Bertz CT molecular complexity index is 831. The van der Waals surface area contributed by atoms with Gasteiger partial charge in [0.15, 0.2) is 0 Å². The highest BCUT2D eigenvalue weighted by molar-refractivity contribution is 6.33. The van der Waals surface area contributed by atoms with E-state index in [2.05, 4.69) is 4.99 Å². The molecule has 1 heterocycles. The Balaban J connectivity index is 1.98. The Hall–Kier alpha value is -2.28. The minimum absolute atomic E-state index is 0.0143. The molecule has 1 atom stereocenters. The molecule has 3 rings (SSSR count). The van der Waals surface area contributed by atoms with E-state index in [9.17, 15) is 17.6 Å². The van der Waals surface area contributed by atoms with Crippen molar-refractivity contribution in [2.45, 2.75) is 19.1 Å². The summed E-state index contributed by atoms with van der Waals surface area (Å²) >= 11 is 6.00. The number of hydrogen-bond donors (Lipinski definition) is 0. The molecule has 1 aliphatic heterocycles. The monoisotopic (exact) mass is 387 g/mol. The van der Waals surface area contributed by atoms with Crippen molar-refractivity contribution in [1.29, 1.82) is 0 Å². The summed E-state index contributed by atoms with van der Waals surface area (Å²) in [6.45, 7) is 1.91. The standard InChI is InChI=1S/C18H14ClF4NO2/c1-2-25-15-8-10(18(21,22)23)6-7-11(15)14-9-26-17(24-14)16-12(19)4-3-5-13(16)20/h3-8,14H,2,9H2,1H3. The summed E-state index contributed by atoms with van der Waals surface area (Å²) < 4.78 is 63.6. The molecule has 0 spiro atoms. The lowest BCUT2D eigenvalue weighted by molar-refractivity contribution is -0.137. The van der Waals surface area contributed by atoms with Gasteiger partial charge in [-0.15, -0.1) is 0 Å². The van der Waals surface area contributed by atoms with Crippen LogP contribution in [0.4, 0.5) is 17.6 Å². The molecule has 2 aromatic rings. The average molecular weight is 388 g/mol. The van der Waals surface area contributed by atoms with Crippen molar-refractivity contribution in [1.82, 2.24) is 0 Å². The Morgan fingerprint density at radius 2 is 2.04 bits per heavy atom. The van der Waals surface area contributed by atoms with E-state index in [4.69, 9.17) is 21.1 Å². The third kappa shape index (κ3) is 3.62. The minimum atomic E-state index is -4.48. The fourth-order valence-corrected chi connectivity index (χ4v) is 2.88. The van der Waals surface area contributed by atoms with E-state index in [-0.39, 0.29) is 35.4 Å². The van der Waals surface area contributed by atoms with Crippen LogP contribution in [0.1, 0.15) is 29.7 Å². The number of aliphatic imine (C=N–C) groups is 1. The van der Waals surface area contributed by atoms with E-state index in [0.29, 0.717) is 5.56 Å². The number of benzene rings is 2. The van der Waals surface area contributed by atoms with Gasteiger partial charge in [-0.25, -0.2) is 9.38 Å². The van der Waals surface area contributed by atoms with Gasteiger partial charge in [-0.05, 0) is 31.2 Å². The first-order valence-electron chi connectivity index (χ1n) is 7.80. The van der Waals surface area contributed by atoms with Crippen molar-refractivity contribution < 1.29 is 27.0 Å². The van der Waals surface area contributed by atoms with Crippen LogP contribution < -0.4 is 4.74 Å². The highest BCUT2D eigenvalue weighted by atomic mass is 35.5. The van der Waals surface area contributed by atoms with E-state index < -0.39 is 23.6 Å². The summed E-state index contributed by atoms with van der Waals surface area (Å²) in [6.07, 6.45) is -4.48. The molecule has 26 heavy (non-hydrogen) atoms. The number of hydrogen-bond acceptors (Lipinski definition) is 3. The van der Waals surface area contributed by atoms with Gasteiger partial charge in [0.1, 0.15) is 24.2 Å². The molecule has 0 saturated carbocycles. The van der Waals surface area contributed by atoms with Gasteiger partial charge in [0.25, 0.3) is 0 Å². The van der Waals surface area contributed by atoms with Crippen LogP contribution in [-0.4, -0.2) is 19.1 Å². The second-order valence-corrected chi connectivity index (χ2v) is 5.95. The van der Waals surface area contributed by atoms with E-state index in [1.54, 1.807) is 6.92 Å². The smallest absolute Gasteiger partial charge is 0.416 e. The lowest BCUT2D eigenvalue weighted by atomic mass is 10.0. The molecule has 138 valence electrons. The number of alkyl halides is 3. The van der Waals surface area contributed by atoms with E-state index in [1.807, 2.05) is 0 Å². The third-order valence-corrected chi connectivity index (χ3v) is 4.14. The van der Waals surface area contributed by atoms with E-state index >= 15 is 0 Å². The molecule has 0 amide bonds. The summed E-state index contributed by atoms with van der Waals surface area (Å²) in [4.78, 5) is 4.29. The Morgan fingerprint density at radius 1 is 1.27 bits per heavy atom. The largest absolute Gasteiger partial charge is 0.493 e. The Kier molecular flexibility index (Phi) is 5.09. The van der Waals surface area contributed by atoms with Crippen LogP contribution in [0.2, 0.25) is 5.02 Å². The van der Waals surface area contributed by atoms with Gasteiger partial charge in [-0.2, -0.15) is 13.2 Å². The fraction of sp³-hybridized carbons (Fsp3) is 0.278. The van der Waals surface area contributed by atoms with Crippen LogP contribution in [0.5, 0.6) is 5.75 Å². The molecule has 0 fully saturated rings. The molecule has 1 aliphatic rings. The molecule has 0 aliphatic carbocycles. The average Bonchev–Trinajstić information content (AvgIpc) is 3.03. The van der Waals surface area contributed by atoms with Gasteiger partial charge < -0.3 is 9.47 Å². The van der Waals surface area contributed by atoms with Crippen molar-refractivity contribution in [2.75, 3.05) is 13.2 Å². The fourth-order valence-electron chi connectivity index (χ4n) is 2.64. The van der Waals surface area contributed by atoms with Gasteiger partial charge in [0, 0.05) is 5.56 Å². The van der Waals surface area contributed by atoms with Crippen LogP contribution in [0.15, 0.2) is 41.4 Å². The maximum absolute atomic E-state index is 14.0. The summed E-state index contributed by atoms with van der Waals surface area (Å²) in [6, 6.07) is 6.76. The normalized spacial score (nSPS) is 17.0. The highest BCUT2D eigenvalue weighted by Crippen LogP contribution is 2.38. The van der Waals surface area contributed by atoms with Crippen molar-refractivity contribution in [3.63, 3.8) is 0 Å². The molecule has 1 unspecified atom stereocenters. The first-order chi connectivity index (χ1) is 12.3. The number of rotatable bonds is 4. The van der Waals surface area contributed by atoms with Crippen LogP contribution in [0, 0.1) is 5.82 Å². The van der Waals surface area contributed by atoms with Crippen LogP contribution in [0.3, 0.4) is 0 Å². The lowest BCUT2D eigenvalue weighted by Gasteiger charge is -2.15. The lowest BCUT2D eigenvalue weighted by Crippen LogP contribution is -2.08. The summed E-state index contributed by atoms with van der Waals surface area (Å²) in [5, 5.41) is 0.141. The van der Waals surface area contributed by atoms with E-state index in [0.717, 1.165) is 12.1 Å². The van der Waals surface area contributed by atoms with Crippen LogP contribution in [-0.2, 0) is 10.9 Å². The molecule has 8 heteroatoms. The van der Waals surface area contributed by atoms with Crippen LogP contribution >= 0.6 is 11.6 Å². The van der Waals surface area contributed by atoms with Crippen LogP contribution in [0.25, 0.3) is 0 Å². The molecule has 0 aromatic heterocycles.